The molecule has 3 aliphatic rings. The molecule has 1 aromatic carbocycles. The summed E-state index contributed by atoms with van der Waals surface area (Å²) in [6.45, 7) is 6.83. The van der Waals surface area contributed by atoms with Gasteiger partial charge in [-0.25, -0.2) is 5.10 Å². The standard InChI is InChI=1S/C21H30ClN7O.ClH/c22-16-3-1-15(2-4-16)11-18-12-28-9-10-30-14-19(28)13-29(18)17-5-7-27(8-6-17)21-24-20(23)25-26-21;/h1-4,17-19H,5-14H2,(H3,23,24,25,26);1H/t18-,19+;/m0./s1. The van der Waals surface area contributed by atoms with Gasteiger partial charge in [-0.1, -0.05) is 23.7 Å². The van der Waals surface area contributed by atoms with Gasteiger partial charge >= 0.3 is 0 Å². The smallest absolute Gasteiger partial charge is 0.246 e. The molecule has 0 radical (unpaired) electrons. The summed E-state index contributed by atoms with van der Waals surface area (Å²) >= 11 is 6.10. The van der Waals surface area contributed by atoms with Crippen LogP contribution >= 0.6 is 24.0 Å². The Morgan fingerprint density at radius 1 is 1.10 bits per heavy atom. The van der Waals surface area contributed by atoms with Crippen molar-refractivity contribution in [3.63, 3.8) is 0 Å². The van der Waals surface area contributed by atoms with Crippen molar-refractivity contribution in [2.75, 3.05) is 56.6 Å². The number of aromatic nitrogens is 3. The number of benzene rings is 1. The Morgan fingerprint density at radius 3 is 2.58 bits per heavy atom. The van der Waals surface area contributed by atoms with Crippen molar-refractivity contribution in [1.29, 1.82) is 0 Å². The van der Waals surface area contributed by atoms with Crippen LogP contribution in [0.3, 0.4) is 0 Å². The number of nitrogens with zero attached hydrogens (tertiary/aromatic N) is 5. The van der Waals surface area contributed by atoms with E-state index >= 15 is 0 Å². The number of anilines is 2. The minimum absolute atomic E-state index is 0. The molecule has 0 amide bonds. The van der Waals surface area contributed by atoms with Gasteiger partial charge in [-0.3, -0.25) is 9.80 Å². The molecule has 0 unspecified atom stereocenters. The predicted molar refractivity (Wildman–Crippen MR) is 125 cm³/mol. The molecular weight excluding hydrogens is 437 g/mol. The first-order valence-electron chi connectivity index (χ1n) is 10.9. The van der Waals surface area contributed by atoms with E-state index in [9.17, 15) is 0 Å². The zero-order valence-electron chi connectivity index (χ0n) is 17.6. The summed E-state index contributed by atoms with van der Waals surface area (Å²) < 4.78 is 5.80. The van der Waals surface area contributed by atoms with Crippen LogP contribution in [0.15, 0.2) is 24.3 Å². The first-order chi connectivity index (χ1) is 14.7. The maximum absolute atomic E-state index is 6.10. The zero-order chi connectivity index (χ0) is 20.5. The van der Waals surface area contributed by atoms with Gasteiger partial charge in [-0.2, -0.15) is 4.98 Å². The van der Waals surface area contributed by atoms with E-state index < -0.39 is 0 Å². The molecule has 2 atom stereocenters. The Morgan fingerprint density at radius 2 is 1.87 bits per heavy atom. The number of morpholine rings is 1. The second-order valence-electron chi connectivity index (χ2n) is 8.64. The van der Waals surface area contributed by atoms with Crippen LogP contribution in [0.1, 0.15) is 18.4 Å². The van der Waals surface area contributed by atoms with E-state index in [1.807, 2.05) is 12.1 Å². The quantitative estimate of drug-likeness (QED) is 0.711. The summed E-state index contributed by atoms with van der Waals surface area (Å²) in [5, 5.41) is 7.77. The van der Waals surface area contributed by atoms with Crippen LogP contribution in [0.4, 0.5) is 11.9 Å². The predicted octanol–water partition coefficient (Wildman–Crippen LogP) is 2.06. The molecule has 3 aliphatic heterocycles. The molecule has 0 bridgehead atoms. The summed E-state index contributed by atoms with van der Waals surface area (Å²) in [4.78, 5) is 11.9. The van der Waals surface area contributed by atoms with Gasteiger partial charge in [0.1, 0.15) is 0 Å². The Labute approximate surface area is 194 Å². The van der Waals surface area contributed by atoms with Crippen LogP contribution in [0, 0.1) is 0 Å². The summed E-state index contributed by atoms with van der Waals surface area (Å²) in [5.74, 6) is 1.10. The number of ether oxygens (including phenoxy) is 1. The number of nitrogens with two attached hydrogens (primary N) is 1. The number of fused-ring (bicyclic) bond motifs is 1. The Balaban J connectivity index is 0.00000231. The van der Waals surface area contributed by atoms with Crippen molar-refractivity contribution in [3.8, 4) is 0 Å². The van der Waals surface area contributed by atoms with Gasteiger partial charge < -0.3 is 15.4 Å². The maximum Gasteiger partial charge on any atom is 0.246 e. The lowest BCUT2D eigenvalue weighted by Gasteiger charge is -2.52. The fraction of sp³-hybridized carbons (Fsp3) is 0.619. The molecule has 2 aromatic rings. The normalized spacial score (nSPS) is 25.8. The highest BCUT2D eigenvalue weighted by Gasteiger charge is 2.39. The number of nitrogens with one attached hydrogen (secondary N) is 1. The molecule has 10 heteroatoms. The van der Waals surface area contributed by atoms with Gasteiger partial charge in [0.2, 0.25) is 11.9 Å². The molecule has 170 valence electrons. The van der Waals surface area contributed by atoms with Crippen LogP contribution in [0.2, 0.25) is 5.02 Å². The number of piperidine rings is 1. The number of rotatable bonds is 4. The molecule has 3 saturated heterocycles. The van der Waals surface area contributed by atoms with E-state index in [1.54, 1.807) is 0 Å². The van der Waals surface area contributed by atoms with E-state index in [-0.39, 0.29) is 12.4 Å². The fourth-order valence-electron chi connectivity index (χ4n) is 5.19. The lowest BCUT2D eigenvalue weighted by Crippen LogP contribution is -2.65. The molecule has 4 heterocycles. The Bertz CT molecular complexity index is 841. The third kappa shape index (κ3) is 5.09. The van der Waals surface area contributed by atoms with Crippen LogP contribution < -0.4 is 10.6 Å². The third-order valence-corrected chi connectivity index (χ3v) is 7.03. The van der Waals surface area contributed by atoms with E-state index in [1.165, 1.54) is 5.56 Å². The van der Waals surface area contributed by atoms with Crippen LogP contribution in [0.5, 0.6) is 0 Å². The Hall–Kier alpha value is -1.58. The van der Waals surface area contributed by atoms with E-state index in [0.717, 1.165) is 70.2 Å². The van der Waals surface area contributed by atoms with Crippen molar-refractivity contribution in [2.45, 2.75) is 37.4 Å². The van der Waals surface area contributed by atoms with Gasteiger partial charge in [0.05, 0.1) is 13.2 Å². The van der Waals surface area contributed by atoms with Crippen molar-refractivity contribution in [2.24, 2.45) is 0 Å². The molecule has 8 nitrogen and oxygen atoms in total. The van der Waals surface area contributed by atoms with Crippen molar-refractivity contribution >= 4 is 35.9 Å². The molecule has 31 heavy (non-hydrogen) atoms. The molecule has 0 spiro atoms. The van der Waals surface area contributed by atoms with E-state index in [2.05, 4.69) is 42.0 Å². The largest absolute Gasteiger partial charge is 0.378 e. The average molecular weight is 468 g/mol. The highest BCUT2D eigenvalue weighted by atomic mass is 35.5. The summed E-state index contributed by atoms with van der Waals surface area (Å²) in [5.41, 5.74) is 7.06. The molecule has 5 rings (SSSR count). The minimum atomic E-state index is 0. The number of hydrogen-bond donors (Lipinski definition) is 2. The summed E-state index contributed by atoms with van der Waals surface area (Å²) in [7, 11) is 0. The van der Waals surface area contributed by atoms with Gasteiger partial charge in [-0.15, -0.1) is 17.5 Å². The van der Waals surface area contributed by atoms with Crippen molar-refractivity contribution in [1.82, 2.24) is 25.0 Å². The number of piperazine rings is 1. The third-order valence-electron chi connectivity index (χ3n) is 6.78. The first kappa shape index (κ1) is 22.6. The fourth-order valence-corrected chi connectivity index (χ4v) is 5.32. The topological polar surface area (TPSA) is 86.5 Å². The SMILES string of the molecule is Cl.Nc1nc(N2CCC(N3C[C@@H]4COCCN4C[C@@H]3Cc3ccc(Cl)cc3)CC2)n[nH]1. The van der Waals surface area contributed by atoms with Crippen LogP contribution in [0.25, 0.3) is 0 Å². The van der Waals surface area contributed by atoms with Gasteiger partial charge in [0, 0.05) is 55.9 Å². The van der Waals surface area contributed by atoms with Crippen LogP contribution in [-0.4, -0.2) is 89.0 Å². The first-order valence-corrected chi connectivity index (χ1v) is 11.3. The molecule has 3 N–H and O–H groups in total. The molecule has 0 saturated carbocycles. The molecule has 3 fully saturated rings. The average Bonchev–Trinajstić information content (AvgIpc) is 3.21. The maximum atomic E-state index is 6.10. The van der Waals surface area contributed by atoms with Crippen LogP contribution in [-0.2, 0) is 11.2 Å². The molecule has 0 aliphatic carbocycles. The lowest BCUT2D eigenvalue weighted by molar-refractivity contribution is -0.0766. The second kappa shape index (κ2) is 9.92. The summed E-state index contributed by atoms with van der Waals surface area (Å²) in [6, 6.07) is 9.93. The number of halogens is 2. The Kier molecular flexibility index (Phi) is 7.23. The number of nitrogen functional groups attached to an aromatic ring is 1. The number of aromatic amines is 1. The monoisotopic (exact) mass is 467 g/mol. The number of H-pyrrole nitrogens is 1. The van der Waals surface area contributed by atoms with E-state index in [4.69, 9.17) is 22.1 Å². The summed E-state index contributed by atoms with van der Waals surface area (Å²) in [6.07, 6.45) is 3.27. The van der Waals surface area contributed by atoms with Gasteiger partial charge in [0.15, 0.2) is 0 Å². The molecule has 1 aromatic heterocycles. The van der Waals surface area contributed by atoms with Crippen molar-refractivity contribution < 1.29 is 4.74 Å². The molecular formula is C21H31Cl2N7O. The number of hydrogen-bond acceptors (Lipinski definition) is 7. The highest BCUT2D eigenvalue weighted by molar-refractivity contribution is 6.30. The van der Waals surface area contributed by atoms with Gasteiger partial charge in [-0.05, 0) is 37.0 Å². The minimum Gasteiger partial charge on any atom is -0.378 e. The van der Waals surface area contributed by atoms with Crippen molar-refractivity contribution in [3.05, 3.63) is 34.9 Å². The zero-order valence-corrected chi connectivity index (χ0v) is 19.2. The van der Waals surface area contributed by atoms with Gasteiger partial charge in [0.25, 0.3) is 0 Å². The van der Waals surface area contributed by atoms with E-state index in [0.29, 0.717) is 30.0 Å². The second-order valence-corrected chi connectivity index (χ2v) is 9.08. The highest BCUT2D eigenvalue weighted by Crippen LogP contribution is 2.28. The lowest BCUT2D eigenvalue weighted by atomic mass is 9.93.